The molecule has 4 nitrogen and oxygen atoms in total. The zero-order valence-electron chi connectivity index (χ0n) is 13.5. The molecular weight excluding hydrogens is 300 g/mol. The Hall–Kier alpha value is -2.88. The number of anilines is 1. The fourth-order valence-electron chi connectivity index (χ4n) is 3.43. The molecule has 2 heterocycles. The molecule has 1 aromatic heterocycles. The molecule has 0 saturated heterocycles. The minimum absolute atomic E-state index is 0.0345. The lowest BCUT2D eigenvalue weighted by molar-refractivity contribution is -0.116. The second-order valence-electron chi connectivity index (χ2n) is 5.93. The molecule has 1 atom stereocenters. The normalized spacial score (nSPS) is 16.5. The number of fused-ring (bicyclic) bond motifs is 2. The van der Waals surface area contributed by atoms with Crippen molar-refractivity contribution in [3.8, 4) is 5.75 Å². The van der Waals surface area contributed by atoms with Gasteiger partial charge in [0.1, 0.15) is 5.75 Å². The standard InChI is InChI=1S/C20H18N2O2/c1-2-24-14-6-7-17-18(11-20(23)22-19(17)10-14)16-5-3-4-13-12-21-9-8-15(13)16/h3-10,12,18H,2,11H2,1H3,(H,22,23)/t18-/m1/s1. The summed E-state index contributed by atoms with van der Waals surface area (Å²) < 4.78 is 5.56. The van der Waals surface area contributed by atoms with Crippen molar-refractivity contribution in [2.45, 2.75) is 19.3 Å². The lowest BCUT2D eigenvalue weighted by atomic mass is 9.83. The van der Waals surface area contributed by atoms with Crippen LogP contribution in [-0.2, 0) is 4.79 Å². The Balaban J connectivity index is 1.86. The van der Waals surface area contributed by atoms with Gasteiger partial charge in [-0.3, -0.25) is 9.78 Å². The van der Waals surface area contributed by atoms with E-state index < -0.39 is 0 Å². The smallest absolute Gasteiger partial charge is 0.225 e. The largest absolute Gasteiger partial charge is 0.494 e. The summed E-state index contributed by atoms with van der Waals surface area (Å²) in [4.78, 5) is 16.4. The number of benzene rings is 2. The zero-order chi connectivity index (χ0) is 16.5. The van der Waals surface area contributed by atoms with Crippen LogP contribution in [0.2, 0.25) is 0 Å². The molecule has 0 bridgehead atoms. The molecule has 3 aromatic rings. The number of hydrogen-bond donors (Lipinski definition) is 1. The number of ether oxygens (including phenoxy) is 1. The highest BCUT2D eigenvalue weighted by Crippen LogP contribution is 2.40. The van der Waals surface area contributed by atoms with Gasteiger partial charge < -0.3 is 10.1 Å². The fourth-order valence-corrected chi connectivity index (χ4v) is 3.43. The molecule has 120 valence electrons. The molecule has 0 unspecified atom stereocenters. The van der Waals surface area contributed by atoms with Crippen LogP contribution >= 0.6 is 0 Å². The SMILES string of the molecule is CCOc1ccc2c(c1)NC(=O)C[C@@H]2c1cccc2cnccc12. The monoisotopic (exact) mass is 318 g/mol. The van der Waals surface area contributed by atoms with E-state index in [1.165, 1.54) is 0 Å². The molecule has 0 spiro atoms. The molecule has 24 heavy (non-hydrogen) atoms. The Bertz CT molecular complexity index is 915. The van der Waals surface area contributed by atoms with Gasteiger partial charge in [-0.2, -0.15) is 0 Å². The Morgan fingerprint density at radius 2 is 2.12 bits per heavy atom. The highest BCUT2D eigenvalue weighted by atomic mass is 16.5. The first-order chi connectivity index (χ1) is 11.8. The maximum atomic E-state index is 12.3. The summed E-state index contributed by atoms with van der Waals surface area (Å²) in [6.45, 7) is 2.55. The second kappa shape index (κ2) is 5.96. The highest BCUT2D eigenvalue weighted by molar-refractivity contribution is 5.97. The topological polar surface area (TPSA) is 51.2 Å². The van der Waals surface area contributed by atoms with E-state index in [0.29, 0.717) is 13.0 Å². The first-order valence-electron chi connectivity index (χ1n) is 8.15. The maximum Gasteiger partial charge on any atom is 0.225 e. The van der Waals surface area contributed by atoms with Crippen molar-refractivity contribution in [2.75, 3.05) is 11.9 Å². The molecule has 0 radical (unpaired) electrons. The van der Waals surface area contributed by atoms with E-state index in [1.807, 2.05) is 43.5 Å². The molecule has 1 aliphatic rings. The number of nitrogens with zero attached hydrogens (tertiary/aromatic N) is 1. The van der Waals surface area contributed by atoms with Crippen molar-refractivity contribution >= 4 is 22.4 Å². The van der Waals surface area contributed by atoms with Crippen molar-refractivity contribution in [1.29, 1.82) is 0 Å². The molecule has 4 rings (SSSR count). The molecule has 1 N–H and O–H groups in total. The van der Waals surface area contributed by atoms with E-state index in [4.69, 9.17) is 4.74 Å². The second-order valence-corrected chi connectivity index (χ2v) is 5.93. The van der Waals surface area contributed by atoms with Crippen molar-refractivity contribution in [1.82, 2.24) is 4.98 Å². The lowest BCUT2D eigenvalue weighted by Crippen LogP contribution is -2.23. The van der Waals surface area contributed by atoms with Gasteiger partial charge >= 0.3 is 0 Å². The zero-order valence-corrected chi connectivity index (χ0v) is 13.5. The average Bonchev–Trinajstić information content (AvgIpc) is 2.60. The van der Waals surface area contributed by atoms with Gasteiger partial charge in [0.25, 0.3) is 0 Å². The average molecular weight is 318 g/mol. The Labute approximate surface area is 140 Å². The van der Waals surface area contributed by atoms with Crippen molar-refractivity contribution in [3.63, 3.8) is 0 Å². The minimum atomic E-state index is 0.0345. The van der Waals surface area contributed by atoms with Gasteiger partial charge in [-0.25, -0.2) is 0 Å². The number of hydrogen-bond acceptors (Lipinski definition) is 3. The van der Waals surface area contributed by atoms with Crippen LogP contribution in [0.15, 0.2) is 54.9 Å². The highest BCUT2D eigenvalue weighted by Gasteiger charge is 2.27. The lowest BCUT2D eigenvalue weighted by Gasteiger charge is -2.27. The van der Waals surface area contributed by atoms with Crippen molar-refractivity contribution < 1.29 is 9.53 Å². The van der Waals surface area contributed by atoms with E-state index >= 15 is 0 Å². The number of nitrogens with one attached hydrogen (secondary N) is 1. The number of pyridine rings is 1. The van der Waals surface area contributed by atoms with Crippen LogP contribution < -0.4 is 10.1 Å². The first kappa shape index (κ1) is 14.7. The predicted octanol–water partition coefficient (Wildman–Crippen LogP) is 4.11. The van der Waals surface area contributed by atoms with Crippen LogP contribution in [0.1, 0.15) is 30.4 Å². The van der Waals surface area contributed by atoms with E-state index in [2.05, 4.69) is 22.4 Å². The third kappa shape index (κ3) is 2.50. The van der Waals surface area contributed by atoms with E-state index in [1.54, 1.807) is 6.20 Å². The van der Waals surface area contributed by atoms with Gasteiger partial charge in [0, 0.05) is 41.9 Å². The van der Waals surface area contributed by atoms with Gasteiger partial charge in [-0.05, 0) is 35.6 Å². The molecule has 0 aliphatic carbocycles. The van der Waals surface area contributed by atoms with Crippen LogP contribution in [0, 0.1) is 0 Å². The van der Waals surface area contributed by atoms with Gasteiger partial charge in [0.05, 0.1) is 6.61 Å². The molecule has 1 aliphatic heterocycles. The Kier molecular flexibility index (Phi) is 3.65. The molecular formula is C20H18N2O2. The van der Waals surface area contributed by atoms with E-state index in [0.717, 1.165) is 33.3 Å². The van der Waals surface area contributed by atoms with Crippen LogP contribution in [0.3, 0.4) is 0 Å². The van der Waals surface area contributed by atoms with Gasteiger partial charge in [-0.15, -0.1) is 0 Å². The summed E-state index contributed by atoms with van der Waals surface area (Å²) in [6, 6.07) is 14.1. The van der Waals surface area contributed by atoms with E-state index in [9.17, 15) is 4.79 Å². The fraction of sp³-hybridized carbons (Fsp3) is 0.200. The Morgan fingerprint density at radius 3 is 3.00 bits per heavy atom. The molecule has 0 saturated carbocycles. The van der Waals surface area contributed by atoms with E-state index in [-0.39, 0.29) is 11.8 Å². The predicted molar refractivity (Wildman–Crippen MR) is 94.4 cm³/mol. The molecule has 0 fully saturated rings. The van der Waals surface area contributed by atoms with Crippen LogP contribution in [0.25, 0.3) is 10.8 Å². The quantitative estimate of drug-likeness (QED) is 0.791. The van der Waals surface area contributed by atoms with Crippen LogP contribution in [-0.4, -0.2) is 17.5 Å². The third-order valence-electron chi connectivity index (χ3n) is 4.46. The summed E-state index contributed by atoms with van der Waals surface area (Å²) >= 11 is 0. The summed E-state index contributed by atoms with van der Waals surface area (Å²) in [5, 5.41) is 5.21. The van der Waals surface area contributed by atoms with Gasteiger partial charge in [-0.1, -0.05) is 24.3 Å². The summed E-state index contributed by atoms with van der Waals surface area (Å²) in [5.74, 6) is 0.849. The molecule has 4 heteroatoms. The van der Waals surface area contributed by atoms with Crippen LogP contribution in [0.5, 0.6) is 5.75 Å². The van der Waals surface area contributed by atoms with Crippen molar-refractivity contribution in [2.24, 2.45) is 0 Å². The third-order valence-corrected chi connectivity index (χ3v) is 4.46. The number of carbonyl (C=O) groups excluding carboxylic acids is 1. The Morgan fingerprint density at radius 1 is 1.21 bits per heavy atom. The number of carbonyl (C=O) groups is 1. The summed E-state index contributed by atoms with van der Waals surface area (Å²) in [6.07, 6.45) is 4.11. The first-order valence-corrected chi connectivity index (χ1v) is 8.15. The number of rotatable bonds is 3. The van der Waals surface area contributed by atoms with Crippen LogP contribution in [0.4, 0.5) is 5.69 Å². The van der Waals surface area contributed by atoms with Crippen molar-refractivity contribution in [3.05, 3.63) is 66.0 Å². The van der Waals surface area contributed by atoms with Gasteiger partial charge in [0.2, 0.25) is 5.91 Å². The molecule has 2 aromatic carbocycles. The minimum Gasteiger partial charge on any atom is -0.494 e. The number of amides is 1. The molecule has 1 amide bonds. The maximum absolute atomic E-state index is 12.3. The van der Waals surface area contributed by atoms with Gasteiger partial charge in [0.15, 0.2) is 0 Å². The summed E-state index contributed by atoms with van der Waals surface area (Å²) in [5.41, 5.74) is 3.13. The summed E-state index contributed by atoms with van der Waals surface area (Å²) in [7, 11) is 0. The number of aromatic nitrogens is 1.